The molecule has 0 radical (unpaired) electrons. The summed E-state index contributed by atoms with van der Waals surface area (Å²) >= 11 is 1.36. The van der Waals surface area contributed by atoms with E-state index in [1.54, 1.807) is 7.11 Å². The average molecular weight is 307 g/mol. The maximum absolute atomic E-state index is 10.9. The standard InChI is InChI=1S/C15H17NO4S/c1-10-5-3-4-6-12(10)20-9-14-16-11(8-19-2)13(21-14)7-15(17)18/h3-6H,7-9H2,1-2H3,(H,17,18). The molecular weight excluding hydrogens is 290 g/mol. The van der Waals surface area contributed by atoms with Gasteiger partial charge in [-0.05, 0) is 18.6 Å². The lowest BCUT2D eigenvalue weighted by molar-refractivity contribution is -0.136. The van der Waals surface area contributed by atoms with Gasteiger partial charge in [0.05, 0.1) is 18.7 Å². The maximum Gasteiger partial charge on any atom is 0.308 e. The molecule has 5 nitrogen and oxygen atoms in total. The molecule has 0 aliphatic carbocycles. The smallest absolute Gasteiger partial charge is 0.308 e. The van der Waals surface area contributed by atoms with Gasteiger partial charge in [0.1, 0.15) is 17.4 Å². The molecule has 112 valence electrons. The van der Waals surface area contributed by atoms with E-state index in [0.29, 0.717) is 23.8 Å². The number of aromatic nitrogens is 1. The van der Waals surface area contributed by atoms with Crippen LogP contribution in [0.4, 0.5) is 0 Å². The van der Waals surface area contributed by atoms with E-state index in [0.717, 1.165) is 16.3 Å². The van der Waals surface area contributed by atoms with E-state index in [-0.39, 0.29) is 6.42 Å². The molecule has 2 aromatic rings. The quantitative estimate of drug-likeness (QED) is 0.852. The predicted molar refractivity (Wildman–Crippen MR) is 79.7 cm³/mol. The Morgan fingerprint density at radius 3 is 2.76 bits per heavy atom. The van der Waals surface area contributed by atoms with Crippen LogP contribution in [0.5, 0.6) is 5.75 Å². The van der Waals surface area contributed by atoms with Gasteiger partial charge < -0.3 is 14.6 Å². The fourth-order valence-electron chi connectivity index (χ4n) is 1.88. The van der Waals surface area contributed by atoms with Crippen LogP contribution < -0.4 is 4.74 Å². The summed E-state index contributed by atoms with van der Waals surface area (Å²) in [6.07, 6.45) is -0.0409. The molecular formula is C15H17NO4S. The lowest BCUT2D eigenvalue weighted by atomic mass is 10.2. The minimum absolute atomic E-state index is 0.0409. The van der Waals surface area contributed by atoms with Crippen molar-refractivity contribution in [1.82, 2.24) is 4.98 Å². The number of carboxylic acids is 1. The van der Waals surface area contributed by atoms with E-state index in [1.165, 1.54) is 11.3 Å². The molecule has 0 amide bonds. The topological polar surface area (TPSA) is 68.7 Å². The second kappa shape index (κ2) is 7.19. The Hall–Kier alpha value is -1.92. The predicted octanol–water partition coefficient (Wildman–Crippen LogP) is 2.80. The third kappa shape index (κ3) is 4.27. The molecule has 0 bridgehead atoms. The zero-order valence-electron chi connectivity index (χ0n) is 12.0. The third-order valence-electron chi connectivity index (χ3n) is 2.86. The third-order valence-corrected chi connectivity index (χ3v) is 3.93. The number of nitrogens with zero attached hydrogens (tertiary/aromatic N) is 1. The summed E-state index contributed by atoms with van der Waals surface area (Å²) in [5.41, 5.74) is 1.73. The first-order valence-corrected chi connectivity index (χ1v) is 7.28. The Labute approximate surface area is 127 Å². The van der Waals surface area contributed by atoms with E-state index >= 15 is 0 Å². The molecule has 1 heterocycles. The number of aryl methyl sites for hydroxylation is 1. The minimum Gasteiger partial charge on any atom is -0.486 e. The molecule has 1 N–H and O–H groups in total. The molecule has 0 saturated carbocycles. The molecule has 1 aromatic carbocycles. The number of carbonyl (C=O) groups is 1. The number of aliphatic carboxylic acids is 1. The zero-order valence-corrected chi connectivity index (χ0v) is 12.8. The highest BCUT2D eigenvalue weighted by Crippen LogP contribution is 2.23. The lowest BCUT2D eigenvalue weighted by Crippen LogP contribution is -2.02. The molecule has 0 atom stereocenters. The van der Waals surface area contributed by atoms with Crippen LogP contribution in [0.15, 0.2) is 24.3 Å². The van der Waals surface area contributed by atoms with Crippen molar-refractivity contribution >= 4 is 17.3 Å². The van der Waals surface area contributed by atoms with Crippen LogP contribution >= 0.6 is 11.3 Å². The van der Waals surface area contributed by atoms with Crippen molar-refractivity contribution < 1.29 is 19.4 Å². The van der Waals surface area contributed by atoms with Gasteiger partial charge in [0, 0.05) is 12.0 Å². The number of hydrogen-bond acceptors (Lipinski definition) is 5. The number of rotatable bonds is 7. The van der Waals surface area contributed by atoms with Crippen LogP contribution in [-0.2, 0) is 29.2 Å². The zero-order chi connectivity index (χ0) is 15.2. The molecule has 0 unspecified atom stereocenters. The van der Waals surface area contributed by atoms with Crippen molar-refractivity contribution in [2.45, 2.75) is 26.6 Å². The first-order valence-electron chi connectivity index (χ1n) is 6.46. The van der Waals surface area contributed by atoms with Gasteiger partial charge in [-0.3, -0.25) is 4.79 Å². The molecule has 2 rings (SSSR count). The average Bonchev–Trinajstić information content (AvgIpc) is 2.80. The summed E-state index contributed by atoms with van der Waals surface area (Å²) in [4.78, 5) is 16.0. The fraction of sp³-hybridized carbons (Fsp3) is 0.333. The molecule has 0 aliphatic rings. The highest BCUT2D eigenvalue weighted by Gasteiger charge is 2.14. The number of hydrogen-bond donors (Lipinski definition) is 1. The SMILES string of the molecule is COCc1nc(COc2ccccc2C)sc1CC(=O)O. The number of benzene rings is 1. The Balaban J connectivity index is 2.09. The van der Waals surface area contributed by atoms with Gasteiger partial charge in [-0.15, -0.1) is 11.3 Å². The van der Waals surface area contributed by atoms with Gasteiger partial charge in [-0.1, -0.05) is 18.2 Å². The molecule has 0 spiro atoms. The number of carboxylic acid groups (broad SMARTS) is 1. The van der Waals surface area contributed by atoms with Gasteiger partial charge in [0.25, 0.3) is 0 Å². The Morgan fingerprint density at radius 1 is 1.33 bits per heavy atom. The molecule has 6 heteroatoms. The van der Waals surface area contributed by atoms with E-state index in [4.69, 9.17) is 14.6 Å². The number of ether oxygens (including phenoxy) is 2. The maximum atomic E-state index is 10.9. The first kappa shape index (κ1) is 15.5. The molecule has 0 aliphatic heterocycles. The lowest BCUT2D eigenvalue weighted by Gasteiger charge is -2.06. The van der Waals surface area contributed by atoms with E-state index in [1.807, 2.05) is 31.2 Å². The molecule has 21 heavy (non-hydrogen) atoms. The van der Waals surface area contributed by atoms with E-state index in [9.17, 15) is 4.79 Å². The summed E-state index contributed by atoms with van der Waals surface area (Å²) in [5.74, 6) is -0.0665. The highest BCUT2D eigenvalue weighted by atomic mass is 32.1. The number of methoxy groups -OCH3 is 1. The monoisotopic (exact) mass is 307 g/mol. The normalized spacial score (nSPS) is 10.6. The Kier molecular flexibility index (Phi) is 5.30. The molecule has 0 saturated heterocycles. The number of thiazole rings is 1. The first-order chi connectivity index (χ1) is 10.1. The van der Waals surface area contributed by atoms with Gasteiger partial charge in [0.2, 0.25) is 0 Å². The number of para-hydroxylation sites is 1. The van der Waals surface area contributed by atoms with E-state index in [2.05, 4.69) is 4.98 Å². The largest absolute Gasteiger partial charge is 0.486 e. The summed E-state index contributed by atoms with van der Waals surface area (Å²) in [6, 6.07) is 7.74. The van der Waals surface area contributed by atoms with Crippen LogP contribution in [0.25, 0.3) is 0 Å². The Morgan fingerprint density at radius 2 is 2.10 bits per heavy atom. The van der Waals surface area contributed by atoms with Crippen molar-refractivity contribution in [3.05, 3.63) is 45.4 Å². The second-order valence-electron chi connectivity index (χ2n) is 4.54. The summed E-state index contributed by atoms with van der Waals surface area (Å²) < 4.78 is 10.8. The van der Waals surface area contributed by atoms with Crippen LogP contribution in [0.2, 0.25) is 0 Å². The van der Waals surface area contributed by atoms with Crippen LogP contribution in [-0.4, -0.2) is 23.2 Å². The summed E-state index contributed by atoms with van der Waals surface area (Å²) in [6.45, 7) is 2.61. The van der Waals surface area contributed by atoms with Crippen molar-refractivity contribution in [2.24, 2.45) is 0 Å². The van der Waals surface area contributed by atoms with Crippen LogP contribution in [0.3, 0.4) is 0 Å². The van der Waals surface area contributed by atoms with Crippen molar-refractivity contribution in [3.8, 4) is 5.75 Å². The van der Waals surface area contributed by atoms with Crippen LogP contribution in [0.1, 0.15) is 21.1 Å². The van der Waals surface area contributed by atoms with Crippen molar-refractivity contribution in [1.29, 1.82) is 0 Å². The fourth-order valence-corrected chi connectivity index (χ4v) is 2.86. The van der Waals surface area contributed by atoms with Gasteiger partial charge in [-0.25, -0.2) is 4.98 Å². The summed E-state index contributed by atoms with van der Waals surface area (Å²) in [7, 11) is 1.56. The molecule has 1 aromatic heterocycles. The Bertz CT molecular complexity index is 624. The van der Waals surface area contributed by atoms with Crippen LogP contribution in [0, 0.1) is 6.92 Å². The summed E-state index contributed by atoms with van der Waals surface area (Å²) in [5, 5.41) is 9.67. The van der Waals surface area contributed by atoms with E-state index < -0.39 is 5.97 Å². The molecule has 0 fully saturated rings. The van der Waals surface area contributed by atoms with Crippen molar-refractivity contribution in [2.75, 3.05) is 7.11 Å². The van der Waals surface area contributed by atoms with Gasteiger partial charge in [0.15, 0.2) is 0 Å². The second-order valence-corrected chi connectivity index (χ2v) is 5.70. The minimum atomic E-state index is -0.873. The van der Waals surface area contributed by atoms with Gasteiger partial charge in [-0.2, -0.15) is 0 Å². The van der Waals surface area contributed by atoms with Gasteiger partial charge >= 0.3 is 5.97 Å². The highest BCUT2D eigenvalue weighted by molar-refractivity contribution is 7.11. The van der Waals surface area contributed by atoms with Crippen molar-refractivity contribution in [3.63, 3.8) is 0 Å².